The van der Waals surface area contributed by atoms with Crippen molar-refractivity contribution in [3.63, 3.8) is 0 Å². The Morgan fingerprint density at radius 1 is 1.16 bits per heavy atom. The van der Waals surface area contributed by atoms with Crippen LogP contribution in [0.15, 0.2) is 42.5 Å². The molecule has 0 aromatic heterocycles. The highest BCUT2D eigenvalue weighted by Gasteiger charge is 2.29. The number of amides is 2. The fourth-order valence-electron chi connectivity index (χ4n) is 2.18. The number of carbonyl (C=O) groups excluding carboxylic acids is 2. The summed E-state index contributed by atoms with van der Waals surface area (Å²) in [4.78, 5) is 23.6. The summed E-state index contributed by atoms with van der Waals surface area (Å²) in [5, 5.41) is 5.52. The van der Waals surface area contributed by atoms with Crippen LogP contribution in [0.4, 0.5) is 15.8 Å². The maximum atomic E-state index is 13.6. The first kappa shape index (κ1) is 17.2. The molecular weight excluding hydrogens is 347 g/mol. The van der Waals surface area contributed by atoms with Crippen molar-refractivity contribution >= 4 is 34.8 Å². The van der Waals surface area contributed by atoms with Crippen LogP contribution in [-0.2, 0) is 9.59 Å². The lowest BCUT2D eigenvalue weighted by Crippen LogP contribution is -2.21. The van der Waals surface area contributed by atoms with Gasteiger partial charge < -0.3 is 15.4 Å². The fraction of sp³-hybridized carbons (Fsp3) is 0.222. The van der Waals surface area contributed by atoms with Crippen molar-refractivity contribution in [1.82, 2.24) is 0 Å². The van der Waals surface area contributed by atoms with E-state index in [-0.39, 0.29) is 24.1 Å². The molecule has 1 fully saturated rings. The van der Waals surface area contributed by atoms with E-state index >= 15 is 0 Å². The molecule has 0 spiro atoms. The Labute approximate surface area is 149 Å². The van der Waals surface area contributed by atoms with E-state index in [4.69, 9.17) is 16.3 Å². The second-order valence-electron chi connectivity index (χ2n) is 5.75. The van der Waals surface area contributed by atoms with Gasteiger partial charge in [0.1, 0.15) is 11.6 Å². The van der Waals surface area contributed by atoms with Crippen LogP contribution in [0.3, 0.4) is 0 Å². The Morgan fingerprint density at radius 2 is 1.96 bits per heavy atom. The van der Waals surface area contributed by atoms with Crippen LogP contribution < -0.4 is 15.4 Å². The van der Waals surface area contributed by atoms with Crippen LogP contribution in [0.25, 0.3) is 0 Å². The zero-order valence-electron chi connectivity index (χ0n) is 13.2. The van der Waals surface area contributed by atoms with Crippen molar-refractivity contribution in [3.05, 3.63) is 53.3 Å². The first-order valence-electron chi connectivity index (χ1n) is 7.80. The summed E-state index contributed by atoms with van der Waals surface area (Å²) >= 11 is 5.78. The third-order valence-corrected chi connectivity index (χ3v) is 3.86. The molecule has 0 unspecified atom stereocenters. The molecule has 5 nitrogen and oxygen atoms in total. The SMILES string of the molecule is O=C(COc1cccc(NC(=O)C2CC2)c1)Nc1cc(Cl)ccc1F. The highest BCUT2D eigenvalue weighted by Crippen LogP contribution is 2.30. The average Bonchev–Trinajstić information content (AvgIpc) is 3.42. The lowest BCUT2D eigenvalue weighted by molar-refractivity contribution is -0.118. The molecule has 0 bridgehead atoms. The van der Waals surface area contributed by atoms with E-state index < -0.39 is 11.7 Å². The van der Waals surface area contributed by atoms with E-state index in [1.54, 1.807) is 24.3 Å². The first-order valence-corrected chi connectivity index (χ1v) is 8.18. The van der Waals surface area contributed by atoms with Gasteiger partial charge in [-0.3, -0.25) is 9.59 Å². The Balaban J connectivity index is 1.54. The Bertz CT molecular complexity index is 809. The minimum absolute atomic E-state index is 0.00783. The van der Waals surface area contributed by atoms with Gasteiger partial charge >= 0.3 is 0 Å². The normalized spacial score (nSPS) is 13.2. The topological polar surface area (TPSA) is 67.4 Å². The predicted molar refractivity (Wildman–Crippen MR) is 93.3 cm³/mol. The largest absolute Gasteiger partial charge is 0.484 e. The second kappa shape index (κ2) is 7.53. The van der Waals surface area contributed by atoms with Crippen LogP contribution in [0.1, 0.15) is 12.8 Å². The molecule has 130 valence electrons. The van der Waals surface area contributed by atoms with Crippen LogP contribution in [0, 0.1) is 11.7 Å². The number of benzene rings is 2. The van der Waals surface area contributed by atoms with Gasteiger partial charge in [0.25, 0.3) is 5.91 Å². The van der Waals surface area contributed by atoms with Gasteiger partial charge in [0.05, 0.1) is 5.69 Å². The van der Waals surface area contributed by atoms with E-state index in [1.807, 2.05) is 0 Å². The maximum absolute atomic E-state index is 13.6. The maximum Gasteiger partial charge on any atom is 0.262 e. The molecule has 2 N–H and O–H groups in total. The average molecular weight is 363 g/mol. The minimum Gasteiger partial charge on any atom is -0.484 e. The van der Waals surface area contributed by atoms with Gasteiger partial charge in [-0.15, -0.1) is 0 Å². The number of hydrogen-bond donors (Lipinski definition) is 2. The highest BCUT2D eigenvalue weighted by atomic mass is 35.5. The summed E-state index contributed by atoms with van der Waals surface area (Å²) < 4.78 is 19.0. The summed E-state index contributed by atoms with van der Waals surface area (Å²) in [6.07, 6.45) is 1.84. The lowest BCUT2D eigenvalue weighted by Gasteiger charge is -2.10. The predicted octanol–water partition coefficient (Wildman–Crippen LogP) is 3.85. The van der Waals surface area contributed by atoms with Crippen LogP contribution in [-0.4, -0.2) is 18.4 Å². The Hall–Kier alpha value is -2.60. The summed E-state index contributed by atoms with van der Waals surface area (Å²) in [6, 6.07) is 10.6. The van der Waals surface area contributed by atoms with E-state index in [1.165, 1.54) is 18.2 Å². The summed E-state index contributed by atoms with van der Waals surface area (Å²) in [6.45, 7) is -0.300. The molecule has 1 aliphatic rings. The summed E-state index contributed by atoms with van der Waals surface area (Å²) in [5.41, 5.74) is 0.599. The highest BCUT2D eigenvalue weighted by molar-refractivity contribution is 6.30. The molecule has 1 aliphatic carbocycles. The fourth-order valence-corrected chi connectivity index (χ4v) is 2.35. The molecular formula is C18H16ClFN2O3. The summed E-state index contributed by atoms with van der Waals surface area (Å²) in [5.74, 6) is -0.583. The van der Waals surface area contributed by atoms with E-state index in [9.17, 15) is 14.0 Å². The minimum atomic E-state index is -0.581. The van der Waals surface area contributed by atoms with Gasteiger partial charge in [-0.05, 0) is 43.2 Å². The number of halogens is 2. The van der Waals surface area contributed by atoms with Crippen LogP contribution in [0.2, 0.25) is 5.02 Å². The van der Waals surface area contributed by atoms with Crippen LogP contribution in [0.5, 0.6) is 5.75 Å². The number of anilines is 2. The molecule has 0 atom stereocenters. The quantitative estimate of drug-likeness (QED) is 0.820. The standard InChI is InChI=1S/C18H16ClFN2O3/c19-12-6-7-15(20)16(8-12)22-17(23)10-25-14-3-1-2-13(9-14)21-18(24)11-4-5-11/h1-3,6-9,11H,4-5,10H2,(H,21,24)(H,22,23). The monoisotopic (exact) mass is 362 g/mol. The molecule has 1 saturated carbocycles. The van der Waals surface area contributed by atoms with Gasteiger partial charge in [-0.25, -0.2) is 4.39 Å². The number of ether oxygens (including phenoxy) is 1. The zero-order chi connectivity index (χ0) is 17.8. The number of nitrogens with one attached hydrogen (secondary N) is 2. The molecule has 0 radical (unpaired) electrons. The molecule has 0 saturated heterocycles. The van der Waals surface area contributed by atoms with Crippen molar-refractivity contribution in [3.8, 4) is 5.75 Å². The zero-order valence-corrected chi connectivity index (χ0v) is 14.0. The van der Waals surface area contributed by atoms with Crippen molar-refractivity contribution < 1.29 is 18.7 Å². The van der Waals surface area contributed by atoms with Crippen molar-refractivity contribution in [2.75, 3.05) is 17.2 Å². The molecule has 7 heteroatoms. The molecule has 0 aliphatic heterocycles. The molecule has 25 heavy (non-hydrogen) atoms. The number of carbonyl (C=O) groups is 2. The Kier molecular flexibility index (Phi) is 5.19. The van der Waals surface area contributed by atoms with Crippen molar-refractivity contribution in [2.45, 2.75) is 12.8 Å². The second-order valence-corrected chi connectivity index (χ2v) is 6.19. The number of hydrogen-bond acceptors (Lipinski definition) is 3. The van der Waals surface area contributed by atoms with Gasteiger partial charge in [0.15, 0.2) is 6.61 Å². The smallest absolute Gasteiger partial charge is 0.262 e. The Morgan fingerprint density at radius 3 is 2.72 bits per heavy atom. The van der Waals surface area contributed by atoms with E-state index in [0.29, 0.717) is 16.5 Å². The third-order valence-electron chi connectivity index (χ3n) is 3.62. The van der Waals surface area contributed by atoms with Gasteiger partial charge in [0.2, 0.25) is 5.91 Å². The molecule has 2 amide bonds. The third kappa shape index (κ3) is 4.93. The number of rotatable bonds is 6. The van der Waals surface area contributed by atoms with E-state index in [0.717, 1.165) is 12.8 Å². The lowest BCUT2D eigenvalue weighted by atomic mass is 10.3. The van der Waals surface area contributed by atoms with Gasteiger partial charge in [-0.1, -0.05) is 17.7 Å². The van der Waals surface area contributed by atoms with E-state index in [2.05, 4.69) is 10.6 Å². The van der Waals surface area contributed by atoms with Gasteiger partial charge in [0, 0.05) is 22.7 Å². The summed E-state index contributed by atoms with van der Waals surface area (Å²) in [7, 11) is 0. The molecule has 2 aromatic carbocycles. The molecule has 2 aromatic rings. The molecule has 3 rings (SSSR count). The molecule has 0 heterocycles. The van der Waals surface area contributed by atoms with Crippen molar-refractivity contribution in [2.24, 2.45) is 5.92 Å². The van der Waals surface area contributed by atoms with Gasteiger partial charge in [-0.2, -0.15) is 0 Å². The van der Waals surface area contributed by atoms with Crippen molar-refractivity contribution in [1.29, 1.82) is 0 Å². The van der Waals surface area contributed by atoms with Crippen LogP contribution >= 0.6 is 11.6 Å². The first-order chi connectivity index (χ1) is 12.0.